The number of nitrogens with two attached hydrogens (primary N) is 1. The standard InChI is InChI=1S/C31H36N2O5S/c1-30(2,3)38-27(34)20-19-26(29(36)37)33-28(35)25(32)21-39-31(22-13-7-4-8-14-22,23-15-9-5-10-16-23)24-17-11-6-12-18-24/h4-18,25-26H,19-21,32H2,1-3H3,(H,33,35)(H,36,37)/t25-,26-/m0/s1. The average molecular weight is 549 g/mol. The maximum atomic E-state index is 13.0. The minimum atomic E-state index is -1.26. The van der Waals surface area contributed by atoms with Gasteiger partial charge in [0.25, 0.3) is 0 Å². The maximum absolute atomic E-state index is 13.0. The molecule has 1 amide bonds. The number of rotatable bonds is 12. The van der Waals surface area contributed by atoms with Crippen LogP contribution < -0.4 is 11.1 Å². The van der Waals surface area contributed by atoms with Crippen LogP contribution in [-0.2, 0) is 23.9 Å². The molecule has 0 bridgehead atoms. The van der Waals surface area contributed by atoms with Crippen LogP contribution in [0.1, 0.15) is 50.3 Å². The van der Waals surface area contributed by atoms with Crippen LogP contribution >= 0.6 is 11.8 Å². The zero-order valence-corrected chi connectivity index (χ0v) is 23.3. The van der Waals surface area contributed by atoms with E-state index in [-0.39, 0.29) is 18.6 Å². The Balaban J connectivity index is 1.81. The minimum absolute atomic E-state index is 0.0994. The second-order valence-electron chi connectivity index (χ2n) is 10.2. The van der Waals surface area contributed by atoms with E-state index in [2.05, 4.69) is 41.7 Å². The molecule has 0 aliphatic heterocycles. The Morgan fingerprint density at radius 1 is 0.846 bits per heavy atom. The van der Waals surface area contributed by atoms with Gasteiger partial charge in [0.1, 0.15) is 11.6 Å². The molecule has 39 heavy (non-hydrogen) atoms. The monoisotopic (exact) mass is 548 g/mol. The van der Waals surface area contributed by atoms with E-state index in [0.717, 1.165) is 16.7 Å². The van der Waals surface area contributed by atoms with Gasteiger partial charge in [-0.25, -0.2) is 4.79 Å². The summed E-state index contributed by atoms with van der Waals surface area (Å²) in [6.45, 7) is 5.20. The third-order valence-electron chi connectivity index (χ3n) is 6.03. The van der Waals surface area contributed by atoms with Crippen LogP contribution in [0.5, 0.6) is 0 Å². The number of carbonyl (C=O) groups is 3. The van der Waals surface area contributed by atoms with Crippen molar-refractivity contribution in [3.63, 3.8) is 0 Å². The van der Waals surface area contributed by atoms with Crippen molar-refractivity contribution in [2.75, 3.05) is 5.75 Å². The summed E-state index contributed by atoms with van der Waals surface area (Å²) in [6.07, 6.45) is -0.241. The summed E-state index contributed by atoms with van der Waals surface area (Å²) in [4.78, 5) is 36.9. The van der Waals surface area contributed by atoms with Crippen molar-refractivity contribution < 1.29 is 24.2 Å². The lowest BCUT2D eigenvalue weighted by molar-refractivity contribution is -0.155. The number of amides is 1. The van der Waals surface area contributed by atoms with Crippen LogP contribution in [0, 0.1) is 0 Å². The van der Waals surface area contributed by atoms with Gasteiger partial charge in [0, 0.05) is 12.2 Å². The number of carbonyl (C=O) groups excluding carboxylic acids is 2. The summed E-state index contributed by atoms with van der Waals surface area (Å²) in [6, 6.07) is 27.8. The highest BCUT2D eigenvalue weighted by Crippen LogP contribution is 2.48. The van der Waals surface area contributed by atoms with Gasteiger partial charge in [-0.15, -0.1) is 11.8 Å². The van der Waals surface area contributed by atoms with E-state index in [9.17, 15) is 19.5 Å². The molecule has 0 aliphatic carbocycles. The van der Waals surface area contributed by atoms with Crippen LogP contribution in [0.25, 0.3) is 0 Å². The van der Waals surface area contributed by atoms with Gasteiger partial charge in [-0.2, -0.15) is 0 Å². The van der Waals surface area contributed by atoms with Crippen molar-refractivity contribution in [2.45, 2.75) is 56.0 Å². The third-order valence-corrected chi connectivity index (χ3v) is 7.69. The van der Waals surface area contributed by atoms with Gasteiger partial charge in [-0.3, -0.25) is 9.59 Å². The highest BCUT2D eigenvalue weighted by atomic mass is 32.2. The van der Waals surface area contributed by atoms with Crippen molar-refractivity contribution in [3.05, 3.63) is 108 Å². The van der Waals surface area contributed by atoms with Gasteiger partial charge in [-0.05, 0) is 43.9 Å². The molecule has 8 heteroatoms. The van der Waals surface area contributed by atoms with Gasteiger partial charge in [0.15, 0.2) is 0 Å². The average Bonchev–Trinajstić information content (AvgIpc) is 2.91. The Labute approximate surface area is 234 Å². The molecule has 0 aromatic heterocycles. The summed E-state index contributed by atoms with van der Waals surface area (Å²) in [5.74, 6) is -2.15. The first kappa shape index (κ1) is 29.9. The first-order valence-electron chi connectivity index (χ1n) is 12.8. The number of hydrogen-bond donors (Lipinski definition) is 3. The number of thioether (sulfide) groups is 1. The molecule has 0 saturated heterocycles. The largest absolute Gasteiger partial charge is 0.480 e. The van der Waals surface area contributed by atoms with Crippen molar-refractivity contribution in [3.8, 4) is 0 Å². The maximum Gasteiger partial charge on any atom is 0.326 e. The summed E-state index contributed by atoms with van der Waals surface area (Å²) in [5, 5.41) is 12.1. The van der Waals surface area contributed by atoms with Crippen LogP contribution in [0.3, 0.4) is 0 Å². The molecule has 3 aromatic carbocycles. The Bertz CT molecular complexity index is 1130. The lowest BCUT2D eigenvalue weighted by atomic mass is 9.84. The first-order chi connectivity index (χ1) is 18.5. The summed E-state index contributed by atoms with van der Waals surface area (Å²) >= 11 is 1.52. The number of carboxylic acid groups (broad SMARTS) is 1. The van der Waals surface area contributed by atoms with Gasteiger partial charge in [-0.1, -0.05) is 91.0 Å². The fraction of sp³-hybridized carbons (Fsp3) is 0.323. The Kier molecular flexibility index (Phi) is 10.3. The predicted octanol–water partition coefficient (Wildman–Crippen LogP) is 4.73. The van der Waals surface area contributed by atoms with Crippen LogP contribution in [0.15, 0.2) is 91.0 Å². The zero-order valence-electron chi connectivity index (χ0n) is 22.5. The third kappa shape index (κ3) is 8.18. The minimum Gasteiger partial charge on any atom is -0.480 e. The number of ether oxygens (including phenoxy) is 1. The van der Waals surface area contributed by atoms with E-state index in [1.807, 2.05) is 54.6 Å². The van der Waals surface area contributed by atoms with E-state index >= 15 is 0 Å². The first-order valence-corrected chi connectivity index (χ1v) is 13.8. The van der Waals surface area contributed by atoms with Crippen molar-refractivity contribution in [2.24, 2.45) is 5.73 Å². The van der Waals surface area contributed by atoms with Crippen molar-refractivity contribution in [1.29, 1.82) is 0 Å². The predicted molar refractivity (Wildman–Crippen MR) is 154 cm³/mol. The molecule has 206 valence electrons. The molecule has 7 nitrogen and oxygen atoms in total. The van der Waals surface area contributed by atoms with E-state index in [4.69, 9.17) is 10.5 Å². The topological polar surface area (TPSA) is 119 Å². The smallest absolute Gasteiger partial charge is 0.326 e. The van der Waals surface area contributed by atoms with Gasteiger partial charge >= 0.3 is 11.9 Å². The normalized spacial score (nSPS) is 13.2. The van der Waals surface area contributed by atoms with Gasteiger partial charge in [0.05, 0.1) is 10.8 Å². The molecule has 0 fully saturated rings. The molecule has 0 radical (unpaired) electrons. The van der Waals surface area contributed by atoms with Crippen LogP contribution in [0.2, 0.25) is 0 Å². The number of benzene rings is 3. The summed E-state index contributed by atoms with van der Waals surface area (Å²) in [5.41, 5.74) is 8.74. The molecular formula is C31H36N2O5S. The van der Waals surface area contributed by atoms with E-state index in [1.165, 1.54) is 11.8 Å². The second-order valence-corrected chi connectivity index (χ2v) is 11.5. The summed E-state index contributed by atoms with van der Waals surface area (Å²) in [7, 11) is 0. The number of hydrogen-bond acceptors (Lipinski definition) is 6. The lowest BCUT2D eigenvalue weighted by Crippen LogP contribution is -2.50. The van der Waals surface area contributed by atoms with E-state index < -0.39 is 40.3 Å². The van der Waals surface area contributed by atoms with Gasteiger partial charge < -0.3 is 20.9 Å². The number of carboxylic acids is 1. The fourth-order valence-corrected chi connectivity index (χ4v) is 5.74. The molecule has 3 rings (SSSR count). The molecule has 0 heterocycles. The van der Waals surface area contributed by atoms with E-state index in [1.54, 1.807) is 20.8 Å². The zero-order chi connectivity index (χ0) is 28.5. The Hall–Kier alpha value is -3.62. The molecule has 0 aliphatic rings. The highest BCUT2D eigenvalue weighted by molar-refractivity contribution is 8.00. The molecule has 0 unspecified atom stereocenters. The Morgan fingerprint density at radius 2 is 1.28 bits per heavy atom. The molecule has 0 spiro atoms. The number of aliphatic carboxylic acids is 1. The SMILES string of the molecule is CC(C)(C)OC(=O)CC[C@H](NC(=O)[C@@H](N)CSC(c1ccccc1)(c1ccccc1)c1ccccc1)C(=O)O. The summed E-state index contributed by atoms with van der Waals surface area (Å²) < 4.78 is 4.59. The molecular weight excluding hydrogens is 512 g/mol. The van der Waals surface area contributed by atoms with Crippen molar-refractivity contribution >= 4 is 29.6 Å². The lowest BCUT2D eigenvalue weighted by Gasteiger charge is -2.36. The quantitative estimate of drug-likeness (QED) is 0.221. The molecule has 2 atom stereocenters. The number of nitrogens with one attached hydrogen (secondary N) is 1. The molecule has 4 N–H and O–H groups in total. The van der Waals surface area contributed by atoms with Gasteiger partial charge in [0.2, 0.25) is 5.91 Å². The highest BCUT2D eigenvalue weighted by Gasteiger charge is 2.38. The second kappa shape index (κ2) is 13.4. The fourth-order valence-electron chi connectivity index (χ4n) is 4.25. The number of esters is 1. The van der Waals surface area contributed by atoms with E-state index in [0.29, 0.717) is 0 Å². The van der Waals surface area contributed by atoms with Crippen LogP contribution in [0.4, 0.5) is 0 Å². The molecule has 3 aromatic rings. The van der Waals surface area contributed by atoms with Crippen LogP contribution in [-0.4, -0.2) is 46.4 Å². The Morgan fingerprint density at radius 3 is 1.67 bits per heavy atom. The molecule has 0 saturated carbocycles. The van der Waals surface area contributed by atoms with Crippen molar-refractivity contribution in [1.82, 2.24) is 5.32 Å².